The molecule has 0 aliphatic carbocycles. The van der Waals surface area contributed by atoms with Gasteiger partial charge in [0.2, 0.25) is 17.8 Å². The molecule has 0 saturated carbocycles. The molecule has 0 atom stereocenters. The summed E-state index contributed by atoms with van der Waals surface area (Å²) in [5, 5.41) is 0. The molecule has 8 rings (SSSR count). The normalized spacial score (nSPS) is 10.5. The number of halogens is 2. The van der Waals surface area contributed by atoms with Gasteiger partial charge in [-0.15, -0.1) is 24.0 Å². The SMILES string of the molecule is C.C.COc1cccc(-c2cccc(/C=C/c3cc(=O)n(C)c(N)n3)c2)c1.COc1cccc(-c2cccc(/C=C\c3cc(=O)n(C)c(N)n3)c2)c1.Cn1c(N)nc(/C=C/c2cccc(Br)c2)cc1=O.I.[HH]. The first-order valence-corrected chi connectivity index (χ1v) is 21.8. The predicted octanol–water partition coefficient (Wildman–Crippen LogP) is 10.8. The molecule has 0 aliphatic rings. The Kier molecular flexibility index (Phi) is 22.2. The molecule has 370 valence electrons. The summed E-state index contributed by atoms with van der Waals surface area (Å²) in [6, 6.07) is 44.2. The summed E-state index contributed by atoms with van der Waals surface area (Å²) in [7, 11) is 8.08. The second-order valence-electron chi connectivity index (χ2n) is 15.1. The molecule has 0 amide bonds. The molecule has 0 bridgehead atoms. The second kappa shape index (κ2) is 27.4. The highest BCUT2D eigenvalue weighted by Gasteiger charge is 2.05. The van der Waals surface area contributed by atoms with E-state index < -0.39 is 0 Å². The van der Waals surface area contributed by atoms with Crippen molar-refractivity contribution in [3.05, 3.63) is 209 Å². The Morgan fingerprint density at radius 1 is 0.451 bits per heavy atom. The van der Waals surface area contributed by atoms with E-state index in [1.165, 1.54) is 31.9 Å². The first kappa shape index (κ1) is 57.5. The van der Waals surface area contributed by atoms with E-state index in [0.29, 0.717) is 17.1 Å². The van der Waals surface area contributed by atoms with Crippen LogP contribution in [0, 0.1) is 0 Å². The molecule has 0 spiro atoms. The van der Waals surface area contributed by atoms with Gasteiger partial charge in [0.15, 0.2) is 0 Å². The lowest BCUT2D eigenvalue weighted by molar-refractivity contribution is 0.415. The maximum atomic E-state index is 11.8. The summed E-state index contributed by atoms with van der Waals surface area (Å²) in [4.78, 5) is 47.6. The van der Waals surface area contributed by atoms with E-state index >= 15 is 0 Å². The summed E-state index contributed by atoms with van der Waals surface area (Å²) < 4.78 is 15.5. The molecule has 0 unspecified atom stereocenters. The van der Waals surface area contributed by atoms with Crippen molar-refractivity contribution >= 4 is 94.2 Å². The minimum Gasteiger partial charge on any atom is -0.497 e. The number of hydrogen-bond acceptors (Lipinski definition) is 11. The molecule has 0 aliphatic heterocycles. The minimum atomic E-state index is -0.183. The van der Waals surface area contributed by atoms with Crippen molar-refractivity contribution in [2.75, 3.05) is 31.4 Å². The minimum absolute atomic E-state index is 0. The van der Waals surface area contributed by atoms with Crippen molar-refractivity contribution in [1.82, 2.24) is 28.7 Å². The van der Waals surface area contributed by atoms with E-state index in [4.69, 9.17) is 26.7 Å². The summed E-state index contributed by atoms with van der Waals surface area (Å²) in [6.45, 7) is 0. The maximum Gasteiger partial charge on any atom is 0.255 e. The molecule has 0 saturated heterocycles. The number of rotatable bonds is 10. The van der Waals surface area contributed by atoms with Crippen LogP contribution in [0.4, 0.5) is 17.8 Å². The van der Waals surface area contributed by atoms with Gasteiger partial charge in [0, 0.05) is 45.2 Å². The predicted molar refractivity (Wildman–Crippen MR) is 310 cm³/mol. The molecule has 3 heterocycles. The third kappa shape index (κ3) is 16.4. The van der Waals surface area contributed by atoms with E-state index in [2.05, 4.69) is 43.0 Å². The van der Waals surface area contributed by atoms with E-state index in [1.54, 1.807) is 53.6 Å². The maximum absolute atomic E-state index is 11.8. The van der Waals surface area contributed by atoms with Gasteiger partial charge in [0.25, 0.3) is 16.7 Å². The molecule has 8 aromatic rings. The van der Waals surface area contributed by atoms with Gasteiger partial charge in [-0.05, 0) is 106 Å². The Labute approximate surface area is 441 Å². The van der Waals surface area contributed by atoms with E-state index in [1.807, 2.05) is 127 Å². The Morgan fingerprint density at radius 3 is 1.06 bits per heavy atom. The van der Waals surface area contributed by atoms with Crippen LogP contribution in [0.5, 0.6) is 11.5 Å². The number of benzene rings is 5. The van der Waals surface area contributed by atoms with Gasteiger partial charge in [-0.1, -0.05) is 122 Å². The number of nitrogen functional groups attached to an aromatic ring is 3. The lowest BCUT2D eigenvalue weighted by Crippen LogP contribution is -2.20. The van der Waals surface area contributed by atoms with Crippen molar-refractivity contribution in [1.29, 1.82) is 0 Å². The number of methoxy groups -OCH3 is 2. The van der Waals surface area contributed by atoms with Gasteiger partial charge in [0.05, 0.1) is 31.3 Å². The van der Waals surface area contributed by atoms with E-state index in [9.17, 15) is 14.4 Å². The van der Waals surface area contributed by atoms with Crippen LogP contribution < -0.4 is 43.4 Å². The Morgan fingerprint density at radius 2 is 0.746 bits per heavy atom. The number of ether oxygens (including phenoxy) is 2. The average molecular weight is 1130 g/mol. The van der Waals surface area contributed by atoms with Crippen molar-refractivity contribution < 1.29 is 10.9 Å². The number of hydrogen-bond donors (Lipinski definition) is 3. The van der Waals surface area contributed by atoms with Crippen LogP contribution in [-0.2, 0) is 21.1 Å². The van der Waals surface area contributed by atoms with Crippen molar-refractivity contribution in [3.8, 4) is 33.8 Å². The van der Waals surface area contributed by atoms with Crippen LogP contribution in [-0.4, -0.2) is 42.9 Å². The Bertz CT molecular complexity index is 3190. The smallest absolute Gasteiger partial charge is 0.255 e. The van der Waals surface area contributed by atoms with Gasteiger partial charge in [-0.2, -0.15) is 0 Å². The van der Waals surface area contributed by atoms with Crippen LogP contribution in [0.1, 0.15) is 50.1 Å². The first-order valence-electron chi connectivity index (χ1n) is 21.0. The summed E-state index contributed by atoms with van der Waals surface area (Å²) in [6.07, 6.45) is 11.0. The highest BCUT2D eigenvalue weighted by Crippen LogP contribution is 2.26. The van der Waals surface area contributed by atoms with Crippen molar-refractivity contribution in [2.45, 2.75) is 14.9 Å². The number of nitrogens with zero attached hydrogens (tertiary/aromatic N) is 6. The van der Waals surface area contributed by atoms with Crippen LogP contribution >= 0.6 is 39.9 Å². The van der Waals surface area contributed by atoms with E-state index in [-0.39, 0.29) is 74.8 Å². The number of anilines is 3. The molecule has 16 heteroatoms. The fraction of sp³-hybridized carbons (Fsp3) is 0.127. The average Bonchev–Trinajstić information content (AvgIpc) is 3.35. The van der Waals surface area contributed by atoms with Crippen molar-refractivity contribution in [2.24, 2.45) is 21.1 Å². The fourth-order valence-electron chi connectivity index (χ4n) is 6.39. The van der Waals surface area contributed by atoms with E-state index in [0.717, 1.165) is 54.9 Å². The number of nitrogens with two attached hydrogens (primary N) is 3. The lowest BCUT2D eigenvalue weighted by atomic mass is 10.0. The molecule has 6 N–H and O–H groups in total. The van der Waals surface area contributed by atoms with Gasteiger partial charge in [-0.3, -0.25) is 28.1 Å². The molecular formula is C55H61BrIN9O5. The Hall–Kier alpha value is -7.83. The third-order valence-electron chi connectivity index (χ3n) is 10.3. The topological polar surface area (TPSA) is 201 Å². The molecule has 0 radical (unpaired) electrons. The van der Waals surface area contributed by atoms with Crippen LogP contribution in [0.2, 0.25) is 0 Å². The first-order chi connectivity index (χ1) is 32.7. The summed E-state index contributed by atoms with van der Waals surface area (Å²) in [5.41, 5.74) is 25.5. The summed E-state index contributed by atoms with van der Waals surface area (Å²) >= 11 is 3.40. The highest BCUT2D eigenvalue weighted by molar-refractivity contribution is 14.0. The Balaban J connectivity index is 0.000000365. The molecule has 0 fully saturated rings. The van der Waals surface area contributed by atoms with Crippen LogP contribution in [0.15, 0.2) is 158 Å². The standard InChI is InChI=1S/2C20H19N3O2.C13H12BrN3O.2CH4.HI.H2/c2*1-23-19(24)13-17(22-20(23)21)10-9-14-5-3-6-15(11-14)16-7-4-8-18(12-16)25-2;1-17-12(18)8-11(16-13(17)15)6-5-9-3-2-4-10(14)7-9;;;;/h2*3-13H,1-2H3,(H2,21,22);2-8H,1H3,(H2,15,16);2*1H4;2*1H/b10-9+;10-9-;6-5+;;;;. The molecule has 3 aromatic heterocycles. The second-order valence-corrected chi connectivity index (χ2v) is 16.0. The molecule has 71 heavy (non-hydrogen) atoms. The van der Waals surface area contributed by atoms with Crippen LogP contribution in [0.3, 0.4) is 0 Å². The highest BCUT2D eigenvalue weighted by atomic mass is 127. The largest absolute Gasteiger partial charge is 0.497 e. The zero-order valence-corrected chi connectivity index (χ0v) is 42.4. The zero-order valence-electron chi connectivity index (χ0n) is 38.5. The number of aromatic nitrogens is 6. The monoisotopic (exact) mass is 1130 g/mol. The fourth-order valence-corrected chi connectivity index (χ4v) is 6.80. The quantitative estimate of drug-likeness (QED) is 0.110. The van der Waals surface area contributed by atoms with Crippen molar-refractivity contribution in [3.63, 3.8) is 0 Å². The van der Waals surface area contributed by atoms with Gasteiger partial charge in [0.1, 0.15) is 11.5 Å². The molecule has 14 nitrogen and oxygen atoms in total. The lowest BCUT2D eigenvalue weighted by Gasteiger charge is -2.06. The summed E-state index contributed by atoms with van der Waals surface area (Å²) in [5.74, 6) is 2.22. The van der Waals surface area contributed by atoms with Gasteiger partial charge in [-0.25, -0.2) is 15.0 Å². The zero-order chi connectivity index (χ0) is 48.7. The third-order valence-corrected chi connectivity index (χ3v) is 10.8. The van der Waals surface area contributed by atoms with Gasteiger partial charge < -0.3 is 26.7 Å². The van der Waals surface area contributed by atoms with Crippen LogP contribution in [0.25, 0.3) is 58.7 Å². The van der Waals surface area contributed by atoms with Gasteiger partial charge >= 0.3 is 0 Å². The molecule has 5 aromatic carbocycles. The molecular weight excluding hydrogens is 1070 g/mol.